The Bertz CT molecular complexity index is 1200. The molecule has 0 unspecified atom stereocenters. The van der Waals surface area contributed by atoms with Gasteiger partial charge < -0.3 is 19.7 Å². The first-order valence-corrected chi connectivity index (χ1v) is 9.68. The summed E-state index contributed by atoms with van der Waals surface area (Å²) in [6, 6.07) is 20.5. The molecule has 160 valence electrons. The van der Waals surface area contributed by atoms with Crippen molar-refractivity contribution in [1.82, 2.24) is 0 Å². The third kappa shape index (κ3) is 4.34. The molecule has 0 atom stereocenters. The lowest BCUT2D eigenvalue weighted by atomic mass is 10.1. The predicted octanol–water partition coefficient (Wildman–Crippen LogP) is 7.10. The van der Waals surface area contributed by atoms with Gasteiger partial charge in [-0.15, -0.1) is 10.2 Å². The van der Waals surface area contributed by atoms with Crippen LogP contribution in [0.3, 0.4) is 0 Å². The second kappa shape index (κ2) is 9.13. The molecule has 4 aromatic rings. The number of fused-ring (bicyclic) bond motifs is 1. The first-order valence-electron chi connectivity index (χ1n) is 9.68. The smallest absolute Gasteiger partial charge is 0.143 e. The van der Waals surface area contributed by atoms with E-state index in [9.17, 15) is 10.2 Å². The van der Waals surface area contributed by atoms with Crippen molar-refractivity contribution in [3.63, 3.8) is 0 Å². The molecule has 0 heterocycles. The van der Waals surface area contributed by atoms with Gasteiger partial charge in [0.15, 0.2) is 0 Å². The minimum Gasteiger partial charge on any atom is -0.506 e. The third-order valence-electron chi connectivity index (χ3n) is 4.76. The van der Waals surface area contributed by atoms with Gasteiger partial charge in [-0.05, 0) is 66.0 Å². The number of aromatic hydroxyl groups is 2. The molecule has 0 saturated heterocycles. The number of methoxy groups -OCH3 is 2. The van der Waals surface area contributed by atoms with Gasteiger partial charge in [0.2, 0.25) is 0 Å². The highest BCUT2D eigenvalue weighted by atomic mass is 16.5. The molecule has 0 spiro atoms. The van der Waals surface area contributed by atoms with Crippen LogP contribution in [0.1, 0.15) is 0 Å². The summed E-state index contributed by atoms with van der Waals surface area (Å²) in [4.78, 5) is 0. The average molecular weight is 428 g/mol. The molecular formula is C24H20N4O4. The fourth-order valence-electron chi connectivity index (χ4n) is 3.07. The molecule has 0 fully saturated rings. The maximum absolute atomic E-state index is 10.5. The van der Waals surface area contributed by atoms with Crippen LogP contribution < -0.4 is 9.47 Å². The van der Waals surface area contributed by atoms with E-state index in [1.54, 1.807) is 74.9 Å². The number of azo groups is 2. The van der Waals surface area contributed by atoms with Crippen molar-refractivity contribution in [2.45, 2.75) is 0 Å². The van der Waals surface area contributed by atoms with E-state index in [1.165, 1.54) is 12.1 Å². The van der Waals surface area contributed by atoms with Crippen LogP contribution in [0.2, 0.25) is 0 Å². The zero-order chi connectivity index (χ0) is 22.5. The second-order valence-electron chi connectivity index (χ2n) is 6.76. The predicted molar refractivity (Wildman–Crippen MR) is 122 cm³/mol. The minimum absolute atomic E-state index is 0.0961. The highest BCUT2D eigenvalue weighted by Gasteiger charge is 2.15. The van der Waals surface area contributed by atoms with Crippen molar-refractivity contribution < 1.29 is 19.7 Å². The monoisotopic (exact) mass is 428 g/mol. The number of hydrogen-bond acceptors (Lipinski definition) is 8. The van der Waals surface area contributed by atoms with Crippen LogP contribution >= 0.6 is 0 Å². The van der Waals surface area contributed by atoms with E-state index in [0.29, 0.717) is 33.6 Å². The van der Waals surface area contributed by atoms with Crippen LogP contribution in [0.5, 0.6) is 23.0 Å². The largest absolute Gasteiger partial charge is 0.506 e. The molecule has 4 rings (SSSR count). The van der Waals surface area contributed by atoms with Crippen molar-refractivity contribution >= 4 is 33.5 Å². The van der Waals surface area contributed by atoms with Gasteiger partial charge in [-0.3, -0.25) is 0 Å². The highest BCUT2D eigenvalue weighted by Crippen LogP contribution is 2.45. The van der Waals surface area contributed by atoms with Crippen molar-refractivity contribution in [2.24, 2.45) is 20.5 Å². The SMILES string of the molecule is COc1ccc(N=Nc2c(O)ccc3ccc(O)c(N=Nc4ccc(OC)cc4)c23)cc1. The molecule has 0 aliphatic carbocycles. The maximum atomic E-state index is 10.5. The van der Waals surface area contributed by atoms with Gasteiger partial charge in [-0.25, -0.2) is 0 Å². The van der Waals surface area contributed by atoms with E-state index in [0.717, 1.165) is 0 Å². The summed E-state index contributed by atoms with van der Waals surface area (Å²) in [7, 11) is 3.17. The van der Waals surface area contributed by atoms with Gasteiger partial charge >= 0.3 is 0 Å². The van der Waals surface area contributed by atoms with Crippen molar-refractivity contribution in [3.05, 3.63) is 72.8 Å². The van der Waals surface area contributed by atoms with E-state index in [1.807, 2.05) is 0 Å². The van der Waals surface area contributed by atoms with Crippen molar-refractivity contribution in [3.8, 4) is 23.0 Å². The first-order chi connectivity index (χ1) is 15.6. The molecule has 0 radical (unpaired) electrons. The molecule has 8 nitrogen and oxygen atoms in total. The lowest BCUT2D eigenvalue weighted by Crippen LogP contribution is -1.80. The zero-order valence-electron chi connectivity index (χ0n) is 17.4. The normalized spacial score (nSPS) is 11.4. The van der Waals surface area contributed by atoms with Gasteiger partial charge in [0.05, 0.1) is 25.6 Å². The summed E-state index contributed by atoms with van der Waals surface area (Å²) in [5, 5.41) is 39.0. The summed E-state index contributed by atoms with van der Waals surface area (Å²) in [6.07, 6.45) is 0. The van der Waals surface area contributed by atoms with E-state index in [4.69, 9.17) is 9.47 Å². The van der Waals surface area contributed by atoms with Crippen LogP contribution in [0, 0.1) is 0 Å². The van der Waals surface area contributed by atoms with Crippen molar-refractivity contribution in [2.75, 3.05) is 14.2 Å². The Labute approximate surface area is 184 Å². The highest BCUT2D eigenvalue weighted by molar-refractivity contribution is 6.05. The van der Waals surface area contributed by atoms with Crippen LogP contribution in [0.15, 0.2) is 93.3 Å². The Hall–Kier alpha value is -4.46. The Morgan fingerprint density at radius 1 is 0.531 bits per heavy atom. The van der Waals surface area contributed by atoms with Crippen LogP contribution in [0.25, 0.3) is 10.8 Å². The van der Waals surface area contributed by atoms with Gasteiger partial charge in [0.25, 0.3) is 0 Å². The van der Waals surface area contributed by atoms with E-state index < -0.39 is 0 Å². The van der Waals surface area contributed by atoms with Gasteiger partial charge in [0, 0.05) is 5.39 Å². The number of rotatable bonds is 6. The third-order valence-corrected chi connectivity index (χ3v) is 4.76. The minimum atomic E-state index is -0.0961. The van der Waals surface area contributed by atoms with E-state index >= 15 is 0 Å². The number of nitrogens with zero attached hydrogens (tertiary/aromatic N) is 4. The molecular weight excluding hydrogens is 408 g/mol. The summed E-state index contributed by atoms with van der Waals surface area (Å²) < 4.78 is 10.3. The fraction of sp³-hybridized carbons (Fsp3) is 0.0833. The lowest BCUT2D eigenvalue weighted by molar-refractivity contribution is 0.414. The number of ether oxygens (including phenoxy) is 2. The molecule has 32 heavy (non-hydrogen) atoms. The second-order valence-corrected chi connectivity index (χ2v) is 6.76. The van der Waals surface area contributed by atoms with Gasteiger partial charge in [-0.2, -0.15) is 10.2 Å². The summed E-state index contributed by atoms with van der Waals surface area (Å²) >= 11 is 0. The Kier molecular flexibility index (Phi) is 5.94. The molecule has 0 aliphatic rings. The number of benzene rings is 4. The van der Waals surface area contributed by atoms with E-state index in [-0.39, 0.29) is 22.9 Å². The molecule has 2 N–H and O–H groups in total. The summed E-state index contributed by atoms with van der Waals surface area (Å²) in [6.45, 7) is 0. The Balaban J connectivity index is 1.78. The quantitative estimate of drug-likeness (QED) is 0.319. The van der Waals surface area contributed by atoms with Crippen molar-refractivity contribution in [1.29, 1.82) is 0 Å². The molecule has 0 amide bonds. The Morgan fingerprint density at radius 2 is 0.938 bits per heavy atom. The number of hydrogen-bond donors (Lipinski definition) is 2. The summed E-state index contributed by atoms with van der Waals surface area (Å²) in [5.74, 6) is 1.20. The van der Waals surface area contributed by atoms with Crippen LogP contribution in [0.4, 0.5) is 22.7 Å². The number of phenolic OH excluding ortho intramolecular Hbond substituents is 2. The van der Waals surface area contributed by atoms with Crippen LogP contribution in [-0.2, 0) is 0 Å². The molecule has 0 aliphatic heterocycles. The standard InChI is InChI=1S/C24H20N4O4/c1-31-18-9-5-16(6-10-18)25-27-23-20(29)13-3-15-4-14-21(30)24(22(15)23)28-26-17-7-11-19(32-2)12-8-17/h3-14,29-30H,1-2H3. The molecule has 4 aromatic carbocycles. The molecule has 0 saturated carbocycles. The molecule has 8 heteroatoms. The fourth-order valence-corrected chi connectivity index (χ4v) is 3.07. The number of phenols is 2. The maximum Gasteiger partial charge on any atom is 0.143 e. The molecule has 0 bridgehead atoms. The summed E-state index contributed by atoms with van der Waals surface area (Å²) in [5.41, 5.74) is 1.50. The van der Waals surface area contributed by atoms with E-state index in [2.05, 4.69) is 20.5 Å². The van der Waals surface area contributed by atoms with Gasteiger partial charge in [-0.1, -0.05) is 12.1 Å². The lowest BCUT2D eigenvalue weighted by Gasteiger charge is -2.08. The van der Waals surface area contributed by atoms with Crippen LogP contribution in [-0.4, -0.2) is 24.4 Å². The Morgan fingerprint density at radius 3 is 1.31 bits per heavy atom. The zero-order valence-corrected chi connectivity index (χ0v) is 17.4. The average Bonchev–Trinajstić information content (AvgIpc) is 2.83. The first kappa shape index (κ1) is 20.8. The molecule has 0 aromatic heterocycles. The topological polar surface area (TPSA) is 108 Å². The van der Waals surface area contributed by atoms with Gasteiger partial charge in [0.1, 0.15) is 34.4 Å².